The number of pyridine rings is 1. The molecule has 2 heteroatoms. The van der Waals surface area contributed by atoms with Crippen LogP contribution in [0, 0.1) is 0 Å². The van der Waals surface area contributed by atoms with Gasteiger partial charge >= 0.3 is 0 Å². The zero-order chi connectivity index (χ0) is 12.5. The van der Waals surface area contributed by atoms with Crippen molar-refractivity contribution in [3.8, 4) is 11.3 Å². The minimum absolute atomic E-state index is 0.152. The van der Waals surface area contributed by atoms with Gasteiger partial charge in [-0.3, -0.25) is 4.98 Å². The van der Waals surface area contributed by atoms with Gasteiger partial charge in [0.05, 0.1) is 5.69 Å². The average Bonchev–Trinajstić information content (AvgIpc) is 2.29. The van der Waals surface area contributed by atoms with Gasteiger partial charge in [-0.1, -0.05) is 54.9 Å². The van der Waals surface area contributed by atoms with Crippen molar-refractivity contribution in [2.24, 2.45) is 0 Å². The summed E-state index contributed by atoms with van der Waals surface area (Å²) >= 11 is 3.57. The summed E-state index contributed by atoms with van der Waals surface area (Å²) in [4.78, 5) is 4.45. The molecule has 0 atom stereocenters. The average molecular weight is 290 g/mol. The summed E-state index contributed by atoms with van der Waals surface area (Å²) in [5.74, 6) is 0. The molecule has 2 rings (SSSR count). The predicted molar refractivity (Wildman–Crippen MR) is 76.1 cm³/mol. The smallest absolute Gasteiger partial charge is 0.0716 e. The molecule has 88 valence electrons. The van der Waals surface area contributed by atoms with E-state index >= 15 is 0 Å². The number of benzene rings is 1. The molecule has 2 aromatic rings. The molecule has 0 unspecified atom stereocenters. The van der Waals surface area contributed by atoms with Crippen molar-refractivity contribution in [1.29, 1.82) is 0 Å². The minimum atomic E-state index is 0.152. The van der Waals surface area contributed by atoms with Gasteiger partial charge in [-0.2, -0.15) is 0 Å². The Morgan fingerprint density at radius 3 is 2.41 bits per heavy atom. The van der Waals surface area contributed by atoms with Gasteiger partial charge in [0.1, 0.15) is 0 Å². The molecular weight excluding hydrogens is 274 g/mol. The van der Waals surface area contributed by atoms with Gasteiger partial charge in [-0.25, -0.2) is 0 Å². The maximum absolute atomic E-state index is 4.45. The van der Waals surface area contributed by atoms with Gasteiger partial charge in [0.15, 0.2) is 0 Å². The van der Waals surface area contributed by atoms with E-state index in [0.29, 0.717) is 0 Å². The van der Waals surface area contributed by atoms with Crippen LogP contribution in [0.15, 0.2) is 47.1 Å². The van der Waals surface area contributed by atoms with E-state index in [2.05, 4.69) is 59.9 Å². The van der Waals surface area contributed by atoms with Crippen molar-refractivity contribution in [2.75, 3.05) is 0 Å². The standard InChI is InChI=1S/C15H16BrN/c1-15(2,3)11-8-9-17-14(10-11)12-6-4-5-7-13(12)16/h4-10H,1-3H3. The van der Waals surface area contributed by atoms with E-state index in [4.69, 9.17) is 0 Å². The largest absolute Gasteiger partial charge is 0.256 e. The van der Waals surface area contributed by atoms with E-state index in [1.54, 1.807) is 0 Å². The lowest BCUT2D eigenvalue weighted by molar-refractivity contribution is 0.589. The van der Waals surface area contributed by atoms with Gasteiger partial charge in [0.2, 0.25) is 0 Å². The fourth-order valence-electron chi connectivity index (χ4n) is 1.71. The maximum atomic E-state index is 4.45. The van der Waals surface area contributed by atoms with Crippen LogP contribution in [0.4, 0.5) is 0 Å². The zero-order valence-corrected chi connectivity index (χ0v) is 12.0. The number of halogens is 1. The van der Waals surface area contributed by atoms with Gasteiger partial charge < -0.3 is 0 Å². The zero-order valence-electron chi connectivity index (χ0n) is 10.4. The van der Waals surface area contributed by atoms with Crippen molar-refractivity contribution >= 4 is 15.9 Å². The molecule has 0 aliphatic heterocycles. The summed E-state index contributed by atoms with van der Waals surface area (Å²) < 4.78 is 1.08. The van der Waals surface area contributed by atoms with E-state index in [-0.39, 0.29) is 5.41 Å². The van der Waals surface area contributed by atoms with Crippen LogP contribution in [0.5, 0.6) is 0 Å². The highest BCUT2D eigenvalue weighted by molar-refractivity contribution is 9.10. The molecule has 0 fully saturated rings. The number of hydrogen-bond donors (Lipinski definition) is 0. The van der Waals surface area contributed by atoms with Crippen LogP contribution in [0.3, 0.4) is 0 Å². The van der Waals surface area contributed by atoms with E-state index in [0.717, 1.165) is 15.7 Å². The van der Waals surface area contributed by atoms with Crippen molar-refractivity contribution in [3.05, 3.63) is 52.6 Å². The number of aromatic nitrogens is 1. The van der Waals surface area contributed by atoms with Crippen molar-refractivity contribution in [2.45, 2.75) is 26.2 Å². The Hall–Kier alpha value is -1.15. The summed E-state index contributed by atoms with van der Waals surface area (Å²) in [6.07, 6.45) is 1.88. The molecule has 17 heavy (non-hydrogen) atoms. The molecule has 0 N–H and O–H groups in total. The molecule has 1 heterocycles. The van der Waals surface area contributed by atoms with Crippen LogP contribution in [-0.4, -0.2) is 4.98 Å². The molecule has 0 bridgehead atoms. The Bertz CT molecular complexity index is 526. The SMILES string of the molecule is CC(C)(C)c1ccnc(-c2ccccc2Br)c1. The first-order chi connectivity index (χ1) is 7.98. The molecule has 0 spiro atoms. The lowest BCUT2D eigenvalue weighted by Crippen LogP contribution is -2.11. The van der Waals surface area contributed by atoms with Crippen molar-refractivity contribution in [3.63, 3.8) is 0 Å². The van der Waals surface area contributed by atoms with Gasteiger partial charge in [-0.15, -0.1) is 0 Å². The van der Waals surface area contributed by atoms with Crippen molar-refractivity contribution in [1.82, 2.24) is 4.98 Å². The number of nitrogens with zero attached hydrogens (tertiary/aromatic N) is 1. The molecular formula is C15H16BrN. The van der Waals surface area contributed by atoms with Crippen LogP contribution in [0.1, 0.15) is 26.3 Å². The molecule has 0 saturated carbocycles. The Morgan fingerprint density at radius 1 is 1.06 bits per heavy atom. The molecule has 0 radical (unpaired) electrons. The highest BCUT2D eigenvalue weighted by atomic mass is 79.9. The normalized spacial score (nSPS) is 11.5. The summed E-state index contributed by atoms with van der Waals surface area (Å²) in [6.45, 7) is 6.64. The second-order valence-electron chi connectivity index (χ2n) is 5.16. The van der Waals surface area contributed by atoms with Crippen molar-refractivity contribution < 1.29 is 0 Å². The minimum Gasteiger partial charge on any atom is -0.256 e. The third-order valence-electron chi connectivity index (χ3n) is 2.78. The van der Waals surface area contributed by atoms with Gasteiger partial charge in [-0.05, 0) is 29.2 Å². The van der Waals surface area contributed by atoms with Crippen LogP contribution in [0.25, 0.3) is 11.3 Å². The summed E-state index contributed by atoms with van der Waals surface area (Å²) in [5.41, 5.74) is 3.61. The van der Waals surface area contributed by atoms with Crippen LogP contribution in [0.2, 0.25) is 0 Å². The molecule has 0 aliphatic rings. The summed E-state index contributed by atoms with van der Waals surface area (Å²) in [5, 5.41) is 0. The third-order valence-corrected chi connectivity index (χ3v) is 3.47. The quantitative estimate of drug-likeness (QED) is 0.734. The Balaban J connectivity index is 2.51. The fourth-order valence-corrected chi connectivity index (χ4v) is 2.20. The van der Waals surface area contributed by atoms with Gasteiger partial charge in [0, 0.05) is 16.2 Å². The second-order valence-corrected chi connectivity index (χ2v) is 6.01. The Kier molecular flexibility index (Phi) is 3.34. The first-order valence-corrected chi connectivity index (χ1v) is 6.49. The number of rotatable bonds is 1. The predicted octanol–water partition coefficient (Wildman–Crippen LogP) is 4.81. The highest BCUT2D eigenvalue weighted by Gasteiger charge is 2.15. The van der Waals surface area contributed by atoms with Crippen LogP contribution < -0.4 is 0 Å². The Labute approximate surface area is 111 Å². The molecule has 1 aromatic carbocycles. The van der Waals surface area contributed by atoms with E-state index in [1.807, 2.05) is 24.4 Å². The topological polar surface area (TPSA) is 12.9 Å². The molecule has 1 aromatic heterocycles. The fraction of sp³-hybridized carbons (Fsp3) is 0.267. The first-order valence-electron chi connectivity index (χ1n) is 5.70. The second kappa shape index (κ2) is 4.61. The lowest BCUT2D eigenvalue weighted by Gasteiger charge is -2.19. The van der Waals surface area contributed by atoms with Crippen LogP contribution in [-0.2, 0) is 5.41 Å². The van der Waals surface area contributed by atoms with E-state index in [1.165, 1.54) is 5.56 Å². The van der Waals surface area contributed by atoms with Crippen LogP contribution >= 0.6 is 15.9 Å². The number of hydrogen-bond acceptors (Lipinski definition) is 1. The highest BCUT2D eigenvalue weighted by Crippen LogP contribution is 2.29. The molecule has 0 saturated heterocycles. The third kappa shape index (κ3) is 2.75. The van der Waals surface area contributed by atoms with Gasteiger partial charge in [0.25, 0.3) is 0 Å². The first kappa shape index (κ1) is 12.3. The summed E-state index contributed by atoms with van der Waals surface area (Å²) in [6, 6.07) is 12.4. The molecule has 1 nitrogen and oxygen atoms in total. The summed E-state index contributed by atoms with van der Waals surface area (Å²) in [7, 11) is 0. The van der Waals surface area contributed by atoms with E-state index in [9.17, 15) is 0 Å². The maximum Gasteiger partial charge on any atom is 0.0716 e. The monoisotopic (exact) mass is 289 g/mol. The van der Waals surface area contributed by atoms with E-state index < -0.39 is 0 Å². The molecule has 0 aliphatic carbocycles. The Morgan fingerprint density at radius 2 is 1.76 bits per heavy atom. The lowest BCUT2D eigenvalue weighted by atomic mass is 9.87. The molecule has 0 amide bonds.